The lowest BCUT2D eigenvalue weighted by Crippen LogP contribution is -2.49. The molecule has 1 aliphatic heterocycles. The van der Waals surface area contributed by atoms with Gasteiger partial charge in [0.05, 0.1) is 6.54 Å². The molecule has 1 fully saturated rings. The standard InChI is InChI=1S/C14H17F3N2O2/c15-14(16,17)13(21)11-7-4-8-19(11)9-12(20)18-10-5-2-1-3-6-10/h1-3,5-6,11,13,21H,4,7-9H2,(H,18,20)/t11-,13-/m0/s1. The van der Waals surface area contributed by atoms with Gasteiger partial charge in [-0.3, -0.25) is 9.69 Å². The summed E-state index contributed by atoms with van der Waals surface area (Å²) in [5, 5.41) is 12.0. The number of nitrogens with zero attached hydrogens (tertiary/aromatic N) is 1. The van der Waals surface area contributed by atoms with Crippen LogP contribution in [-0.4, -0.2) is 47.3 Å². The zero-order chi connectivity index (χ0) is 15.5. The predicted octanol–water partition coefficient (Wildman–Crippen LogP) is 2.01. The van der Waals surface area contributed by atoms with E-state index in [1.807, 2.05) is 0 Å². The smallest absolute Gasteiger partial charge is 0.382 e. The van der Waals surface area contributed by atoms with E-state index in [4.69, 9.17) is 0 Å². The van der Waals surface area contributed by atoms with Gasteiger partial charge in [-0.05, 0) is 31.5 Å². The number of carbonyl (C=O) groups is 1. The largest absolute Gasteiger partial charge is 0.415 e. The molecule has 1 aromatic rings. The summed E-state index contributed by atoms with van der Waals surface area (Å²) >= 11 is 0. The molecule has 2 N–H and O–H groups in total. The van der Waals surface area contributed by atoms with Crippen LogP contribution >= 0.6 is 0 Å². The first-order valence-electron chi connectivity index (χ1n) is 6.71. The van der Waals surface area contributed by atoms with Crippen LogP contribution in [0.3, 0.4) is 0 Å². The number of rotatable bonds is 4. The van der Waals surface area contributed by atoms with Crippen molar-refractivity contribution < 1.29 is 23.1 Å². The summed E-state index contributed by atoms with van der Waals surface area (Å²) in [6, 6.07) is 7.65. The summed E-state index contributed by atoms with van der Waals surface area (Å²) in [5.74, 6) is -0.387. The monoisotopic (exact) mass is 302 g/mol. The highest BCUT2D eigenvalue weighted by atomic mass is 19.4. The van der Waals surface area contributed by atoms with Gasteiger partial charge >= 0.3 is 6.18 Å². The number of likely N-dealkylation sites (tertiary alicyclic amines) is 1. The molecule has 4 nitrogen and oxygen atoms in total. The highest BCUT2D eigenvalue weighted by Crippen LogP contribution is 2.30. The number of amides is 1. The van der Waals surface area contributed by atoms with E-state index >= 15 is 0 Å². The van der Waals surface area contributed by atoms with Gasteiger partial charge < -0.3 is 10.4 Å². The Morgan fingerprint density at radius 3 is 2.67 bits per heavy atom. The number of aliphatic hydroxyl groups is 1. The maximum Gasteiger partial charge on any atom is 0.415 e. The zero-order valence-electron chi connectivity index (χ0n) is 11.3. The maximum atomic E-state index is 12.6. The fraction of sp³-hybridized carbons (Fsp3) is 0.500. The van der Waals surface area contributed by atoms with Crippen molar-refractivity contribution in [3.05, 3.63) is 30.3 Å². The Labute approximate surface area is 120 Å². The summed E-state index contributed by atoms with van der Waals surface area (Å²) in [4.78, 5) is 13.3. The number of nitrogens with one attached hydrogen (secondary N) is 1. The first kappa shape index (κ1) is 15.8. The second-order valence-corrected chi connectivity index (χ2v) is 5.08. The number of aliphatic hydroxyl groups excluding tert-OH is 1. The summed E-state index contributed by atoms with van der Waals surface area (Å²) in [7, 11) is 0. The van der Waals surface area contributed by atoms with Crippen molar-refractivity contribution >= 4 is 11.6 Å². The topological polar surface area (TPSA) is 52.6 Å². The van der Waals surface area contributed by atoms with E-state index in [2.05, 4.69) is 5.32 Å². The molecule has 0 spiro atoms. The van der Waals surface area contributed by atoms with Crippen molar-refractivity contribution in [2.75, 3.05) is 18.4 Å². The summed E-state index contributed by atoms with van der Waals surface area (Å²) in [6.45, 7) is 0.215. The van der Waals surface area contributed by atoms with Gasteiger partial charge in [0.25, 0.3) is 0 Å². The van der Waals surface area contributed by atoms with Gasteiger partial charge in [-0.15, -0.1) is 0 Å². The molecule has 116 valence electrons. The Hall–Kier alpha value is -1.60. The number of hydrogen-bond donors (Lipinski definition) is 2. The lowest BCUT2D eigenvalue weighted by Gasteiger charge is -2.29. The molecule has 1 amide bonds. The minimum Gasteiger partial charge on any atom is -0.382 e. The molecule has 2 atom stereocenters. The number of benzene rings is 1. The Kier molecular flexibility index (Phi) is 4.84. The Morgan fingerprint density at radius 2 is 2.05 bits per heavy atom. The van der Waals surface area contributed by atoms with Crippen LogP contribution in [0.25, 0.3) is 0 Å². The average molecular weight is 302 g/mol. The molecule has 0 aromatic heterocycles. The Balaban J connectivity index is 1.93. The normalized spacial score (nSPS) is 21.2. The molecule has 1 saturated heterocycles. The van der Waals surface area contributed by atoms with Gasteiger partial charge in [0.2, 0.25) is 5.91 Å². The molecule has 0 aliphatic carbocycles. The number of carbonyl (C=O) groups excluding carboxylic acids is 1. The van der Waals surface area contributed by atoms with E-state index in [1.54, 1.807) is 30.3 Å². The van der Waals surface area contributed by atoms with Crippen molar-refractivity contribution in [3.8, 4) is 0 Å². The highest BCUT2D eigenvalue weighted by Gasteiger charge is 2.47. The zero-order valence-corrected chi connectivity index (χ0v) is 11.3. The van der Waals surface area contributed by atoms with Gasteiger partial charge in [0.1, 0.15) is 0 Å². The van der Waals surface area contributed by atoms with Crippen LogP contribution in [0.15, 0.2) is 30.3 Å². The minimum atomic E-state index is -4.66. The van der Waals surface area contributed by atoms with Crippen molar-refractivity contribution in [1.82, 2.24) is 4.90 Å². The molecule has 0 saturated carbocycles. The average Bonchev–Trinajstić information content (AvgIpc) is 2.85. The summed E-state index contributed by atoms with van der Waals surface area (Å²) in [6.07, 6.45) is -6.30. The van der Waals surface area contributed by atoms with Gasteiger partial charge in [-0.1, -0.05) is 18.2 Å². The lowest BCUT2D eigenvalue weighted by molar-refractivity contribution is -0.219. The number of hydrogen-bond acceptors (Lipinski definition) is 3. The Morgan fingerprint density at radius 1 is 1.38 bits per heavy atom. The molecular formula is C14H17F3N2O2. The van der Waals surface area contributed by atoms with Crippen LogP contribution in [0, 0.1) is 0 Å². The molecule has 2 rings (SSSR count). The molecule has 0 radical (unpaired) electrons. The second kappa shape index (κ2) is 6.44. The van der Waals surface area contributed by atoms with E-state index in [1.165, 1.54) is 4.90 Å². The third-order valence-corrected chi connectivity index (χ3v) is 3.52. The van der Waals surface area contributed by atoms with Crippen molar-refractivity contribution in [3.63, 3.8) is 0 Å². The third kappa shape index (κ3) is 4.18. The van der Waals surface area contributed by atoms with E-state index in [0.717, 1.165) is 0 Å². The van der Waals surface area contributed by atoms with E-state index < -0.39 is 18.3 Å². The number of para-hydroxylation sites is 1. The molecular weight excluding hydrogens is 285 g/mol. The number of alkyl halides is 3. The third-order valence-electron chi connectivity index (χ3n) is 3.52. The van der Waals surface area contributed by atoms with Crippen LogP contribution in [0.4, 0.5) is 18.9 Å². The first-order chi connectivity index (χ1) is 9.88. The van der Waals surface area contributed by atoms with Crippen LogP contribution in [-0.2, 0) is 4.79 Å². The van der Waals surface area contributed by atoms with Crippen LogP contribution in [0.5, 0.6) is 0 Å². The van der Waals surface area contributed by atoms with Crippen LogP contribution < -0.4 is 5.32 Å². The molecule has 7 heteroatoms. The molecule has 0 bridgehead atoms. The molecule has 1 aliphatic rings. The number of anilines is 1. The van der Waals surface area contributed by atoms with E-state index in [-0.39, 0.29) is 18.9 Å². The van der Waals surface area contributed by atoms with Crippen molar-refractivity contribution in [2.45, 2.75) is 31.2 Å². The Bertz CT molecular complexity index is 479. The van der Waals surface area contributed by atoms with Crippen molar-refractivity contribution in [1.29, 1.82) is 0 Å². The highest BCUT2D eigenvalue weighted by molar-refractivity contribution is 5.92. The number of halogens is 3. The van der Waals surface area contributed by atoms with Crippen LogP contribution in [0.1, 0.15) is 12.8 Å². The van der Waals surface area contributed by atoms with Gasteiger partial charge in [-0.2, -0.15) is 13.2 Å². The van der Waals surface area contributed by atoms with Crippen molar-refractivity contribution in [2.24, 2.45) is 0 Å². The molecule has 21 heavy (non-hydrogen) atoms. The maximum absolute atomic E-state index is 12.6. The fourth-order valence-electron chi connectivity index (χ4n) is 2.53. The second-order valence-electron chi connectivity index (χ2n) is 5.08. The molecule has 1 heterocycles. The van der Waals surface area contributed by atoms with E-state index in [0.29, 0.717) is 18.7 Å². The van der Waals surface area contributed by atoms with Gasteiger partial charge in [0.15, 0.2) is 6.10 Å². The fourth-order valence-corrected chi connectivity index (χ4v) is 2.53. The van der Waals surface area contributed by atoms with Crippen LogP contribution in [0.2, 0.25) is 0 Å². The SMILES string of the molecule is O=C(CN1CCC[C@H]1[C@H](O)C(F)(F)F)Nc1ccccc1. The summed E-state index contributed by atoms with van der Waals surface area (Å²) < 4.78 is 37.7. The molecule has 1 aromatic carbocycles. The molecule has 0 unspecified atom stereocenters. The van der Waals surface area contributed by atoms with Gasteiger partial charge in [-0.25, -0.2) is 0 Å². The quantitative estimate of drug-likeness (QED) is 0.894. The minimum absolute atomic E-state index is 0.160. The summed E-state index contributed by atoms with van der Waals surface area (Å²) in [5.41, 5.74) is 0.592. The first-order valence-corrected chi connectivity index (χ1v) is 6.71. The van der Waals surface area contributed by atoms with Gasteiger partial charge in [0, 0.05) is 11.7 Å². The predicted molar refractivity (Wildman–Crippen MR) is 71.7 cm³/mol. The van der Waals surface area contributed by atoms with E-state index in [9.17, 15) is 23.1 Å². The lowest BCUT2D eigenvalue weighted by atomic mass is 10.1.